The lowest BCUT2D eigenvalue weighted by Crippen LogP contribution is -2.24. The maximum absolute atomic E-state index is 12.9. The van der Waals surface area contributed by atoms with Crippen LogP contribution in [0.25, 0.3) is 11.4 Å². The lowest BCUT2D eigenvalue weighted by Gasteiger charge is -2.18. The van der Waals surface area contributed by atoms with E-state index in [1.165, 1.54) is 11.8 Å². The van der Waals surface area contributed by atoms with Gasteiger partial charge in [-0.1, -0.05) is 68.1 Å². The molecule has 1 atom stereocenters. The van der Waals surface area contributed by atoms with Gasteiger partial charge in [-0.05, 0) is 43.4 Å². The predicted octanol–water partition coefficient (Wildman–Crippen LogP) is 5.34. The molecule has 0 bridgehead atoms. The third-order valence-corrected chi connectivity index (χ3v) is 6.18. The number of carbonyl (C=O) groups excluding carboxylic acids is 1. The van der Waals surface area contributed by atoms with E-state index in [-0.39, 0.29) is 11.2 Å². The molecule has 0 radical (unpaired) electrons. The minimum Gasteiger partial charge on any atom is -0.325 e. The molecule has 5 nitrogen and oxygen atoms in total. The summed E-state index contributed by atoms with van der Waals surface area (Å²) in [4.78, 5) is 12.9. The smallest absolute Gasteiger partial charge is 0.237 e. The third kappa shape index (κ3) is 4.53. The van der Waals surface area contributed by atoms with Crippen molar-refractivity contribution in [1.29, 1.82) is 0 Å². The predicted molar refractivity (Wildman–Crippen MR) is 120 cm³/mol. The minimum absolute atomic E-state index is 0.0355. The normalized spacial score (nSPS) is 12.2. The zero-order valence-electron chi connectivity index (χ0n) is 17.9. The highest BCUT2D eigenvalue weighted by Gasteiger charge is 2.21. The van der Waals surface area contributed by atoms with Crippen LogP contribution in [-0.2, 0) is 11.8 Å². The topological polar surface area (TPSA) is 59.8 Å². The van der Waals surface area contributed by atoms with Gasteiger partial charge in [0.05, 0.1) is 5.25 Å². The number of hydrogen-bond acceptors (Lipinski definition) is 4. The molecule has 0 aliphatic carbocycles. The summed E-state index contributed by atoms with van der Waals surface area (Å²) < 4.78 is 1.95. The largest absolute Gasteiger partial charge is 0.325 e. The lowest BCUT2D eigenvalue weighted by atomic mass is 9.98. The van der Waals surface area contributed by atoms with Crippen molar-refractivity contribution in [3.63, 3.8) is 0 Å². The van der Waals surface area contributed by atoms with Crippen LogP contribution in [0.5, 0.6) is 0 Å². The van der Waals surface area contributed by atoms with Crippen LogP contribution in [0.4, 0.5) is 5.69 Å². The second kappa shape index (κ2) is 8.82. The van der Waals surface area contributed by atoms with Gasteiger partial charge < -0.3 is 9.88 Å². The Morgan fingerprint density at radius 2 is 1.69 bits per heavy atom. The third-order valence-electron chi connectivity index (χ3n) is 5.05. The SMILES string of the molecule is Cc1ccccc1-c1nnc(S[C@H](C)C(=O)Nc2c(C)cccc2C(C)C)n1C. The Bertz CT molecular complexity index is 1030. The molecule has 0 aliphatic rings. The molecule has 1 amide bonds. The fourth-order valence-electron chi connectivity index (χ4n) is 3.25. The van der Waals surface area contributed by atoms with E-state index in [1.807, 2.05) is 55.8 Å². The standard InChI is InChI=1S/C23H28N4OS/c1-14(2)18-13-9-11-16(4)20(18)24-22(28)17(5)29-23-26-25-21(27(23)6)19-12-8-7-10-15(19)3/h7-14,17H,1-6H3,(H,24,28)/t17-/m1/s1. The van der Waals surface area contributed by atoms with Gasteiger partial charge in [0.2, 0.25) is 5.91 Å². The van der Waals surface area contributed by atoms with E-state index < -0.39 is 0 Å². The number of hydrogen-bond donors (Lipinski definition) is 1. The van der Waals surface area contributed by atoms with E-state index >= 15 is 0 Å². The number of benzene rings is 2. The highest BCUT2D eigenvalue weighted by Crippen LogP contribution is 2.30. The first kappa shape index (κ1) is 21.1. The Labute approximate surface area is 176 Å². The minimum atomic E-state index is -0.303. The lowest BCUT2D eigenvalue weighted by molar-refractivity contribution is -0.115. The number of carbonyl (C=O) groups is 1. The Morgan fingerprint density at radius 3 is 2.38 bits per heavy atom. The number of rotatable bonds is 6. The van der Waals surface area contributed by atoms with Gasteiger partial charge in [0.15, 0.2) is 11.0 Å². The molecule has 3 rings (SSSR count). The van der Waals surface area contributed by atoms with E-state index in [0.717, 1.165) is 38.9 Å². The van der Waals surface area contributed by atoms with Crippen LogP contribution in [0.15, 0.2) is 47.6 Å². The van der Waals surface area contributed by atoms with E-state index in [4.69, 9.17) is 0 Å². The molecule has 0 saturated heterocycles. The van der Waals surface area contributed by atoms with Gasteiger partial charge in [-0.3, -0.25) is 4.79 Å². The molecule has 1 aromatic heterocycles. The molecule has 29 heavy (non-hydrogen) atoms. The number of amides is 1. The molecular formula is C23H28N4OS. The number of aromatic nitrogens is 3. The van der Waals surface area contributed by atoms with Gasteiger partial charge in [0.25, 0.3) is 0 Å². The second-order valence-electron chi connectivity index (χ2n) is 7.62. The number of thioether (sulfide) groups is 1. The average molecular weight is 409 g/mol. The summed E-state index contributed by atoms with van der Waals surface area (Å²) in [6.45, 7) is 10.2. The van der Waals surface area contributed by atoms with E-state index in [1.54, 1.807) is 0 Å². The van der Waals surface area contributed by atoms with Gasteiger partial charge >= 0.3 is 0 Å². The molecule has 0 unspecified atom stereocenters. The Morgan fingerprint density at radius 1 is 1.00 bits per heavy atom. The monoisotopic (exact) mass is 408 g/mol. The fourth-order valence-corrected chi connectivity index (χ4v) is 4.07. The Hall–Kier alpha value is -2.60. The van der Waals surface area contributed by atoms with Crippen LogP contribution in [0, 0.1) is 13.8 Å². The first-order valence-electron chi connectivity index (χ1n) is 9.82. The molecule has 152 valence electrons. The number of aryl methyl sites for hydroxylation is 2. The van der Waals surface area contributed by atoms with E-state index in [9.17, 15) is 4.79 Å². The Kier molecular flexibility index (Phi) is 6.42. The van der Waals surface area contributed by atoms with Crippen molar-refractivity contribution in [2.45, 2.75) is 50.9 Å². The molecule has 0 saturated carbocycles. The number of para-hydroxylation sites is 1. The van der Waals surface area contributed by atoms with Crippen LogP contribution < -0.4 is 5.32 Å². The van der Waals surface area contributed by atoms with Gasteiger partial charge in [0.1, 0.15) is 0 Å². The number of anilines is 1. The first-order chi connectivity index (χ1) is 13.8. The van der Waals surface area contributed by atoms with Gasteiger partial charge in [-0.2, -0.15) is 0 Å². The zero-order valence-corrected chi connectivity index (χ0v) is 18.7. The van der Waals surface area contributed by atoms with E-state index in [2.05, 4.69) is 48.4 Å². The van der Waals surface area contributed by atoms with E-state index in [0.29, 0.717) is 5.92 Å². The van der Waals surface area contributed by atoms with Crippen LogP contribution in [0.2, 0.25) is 0 Å². The fraction of sp³-hybridized carbons (Fsp3) is 0.348. The number of nitrogens with zero attached hydrogens (tertiary/aromatic N) is 3. The van der Waals surface area contributed by atoms with Crippen LogP contribution in [0.3, 0.4) is 0 Å². The first-order valence-corrected chi connectivity index (χ1v) is 10.7. The molecule has 1 heterocycles. The highest BCUT2D eigenvalue weighted by molar-refractivity contribution is 8.00. The zero-order chi connectivity index (χ0) is 21.1. The van der Waals surface area contributed by atoms with Crippen molar-refractivity contribution < 1.29 is 4.79 Å². The van der Waals surface area contributed by atoms with Crippen molar-refractivity contribution in [2.24, 2.45) is 7.05 Å². The van der Waals surface area contributed by atoms with Crippen molar-refractivity contribution in [1.82, 2.24) is 14.8 Å². The molecule has 0 spiro atoms. The summed E-state index contributed by atoms with van der Waals surface area (Å²) >= 11 is 1.42. The summed E-state index contributed by atoms with van der Waals surface area (Å²) in [5.74, 6) is 1.11. The van der Waals surface area contributed by atoms with Crippen molar-refractivity contribution >= 4 is 23.4 Å². The molecule has 6 heteroatoms. The van der Waals surface area contributed by atoms with Crippen molar-refractivity contribution in [2.75, 3.05) is 5.32 Å². The summed E-state index contributed by atoms with van der Waals surface area (Å²) in [5.41, 5.74) is 5.33. The maximum Gasteiger partial charge on any atom is 0.237 e. The van der Waals surface area contributed by atoms with Crippen LogP contribution in [-0.4, -0.2) is 25.9 Å². The quantitative estimate of drug-likeness (QED) is 0.559. The maximum atomic E-state index is 12.9. The summed E-state index contributed by atoms with van der Waals surface area (Å²) in [6, 6.07) is 14.2. The molecule has 0 aliphatic heterocycles. The van der Waals surface area contributed by atoms with Gasteiger partial charge in [-0.25, -0.2) is 0 Å². The highest BCUT2D eigenvalue weighted by atomic mass is 32.2. The van der Waals surface area contributed by atoms with Crippen LogP contribution in [0.1, 0.15) is 43.4 Å². The molecule has 0 fully saturated rings. The number of nitrogens with one attached hydrogen (secondary N) is 1. The van der Waals surface area contributed by atoms with Gasteiger partial charge in [-0.15, -0.1) is 10.2 Å². The summed E-state index contributed by atoms with van der Waals surface area (Å²) in [7, 11) is 1.94. The Balaban J connectivity index is 1.77. The van der Waals surface area contributed by atoms with Crippen molar-refractivity contribution in [3.05, 3.63) is 59.2 Å². The summed E-state index contributed by atoms with van der Waals surface area (Å²) in [5, 5.41) is 12.2. The summed E-state index contributed by atoms with van der Waals surface area (Å²) in [6.07, 6.45) is 0. The molecule has 2 aromatic carbocycles. The second-order valence-corrected chi connectivity index (χ2v) is 8.93. The van der Waals surface area contributed by atoms with Crippen molar-refractivity contribution in [3.8, 4) is 11.4 Å². The van der Waals surface area contributed by atoms with Gasteiger partial charge in [0, 0.05) is 18.3 Å². The molecule has 1 N–H and O–H groups in total. The molecule has 3 aromatic rings. The average Bonchev–Trinajstić information content (AvgIpc) is 3.03. The molecular weight excluding hydrogens is 380 g/mol. The van der Waals surface area contributed by atoms with Crippen LogP contribution >= 0.6 is 11.8 Å².